The number of rotatable bonds is 3. The molecule has 1 N–H and O–H groups in total. The highest BCUT2D eigenvalue weighted by Gasteiger charge is 2.44. The predicted molar refractivity (Wildman–Crippen MR) is 61.4 cm³/mol. The maximum Gasteiger partial charge on any atom is 0.0520 e. The van der Waals surface area contributed by atoms with Gasteiger partial charge in [0.15, 0.2) is 0 Å². The zero-order valence-corrected chi connectivity index (χ0v) is 9.92. The quantitative estimate of drug-likeness (QED) is 0.878. The molecule has 0 heterocycles. The van der Waals surface area contributed by atoms with Gasteiger partial charge in [-0.15, -0.1) is 0 Å². The SMILES string of the molecule is CC(O)CC1(c2ccc(Br)cc2)CC1. The topological polar surface area (TPSA) is 20.2 Å². The second-order valence-electron chi connectivity index (χ2n) is 4.34. The van der Waals surface area contributed by atoms with Crippen LogP contribution >= 0.6 is 15.9 Å². The van der Waals surface area contributed by atoms with Crippen LogP contribution in [0.15, 0.2) is 28.7 Å². The van der Waals surface area contributed by atoms with E-state index < -0.39 is 0 Å². The summed E-state index contributed by atoms with van der Waals surface area (Å²) in [6, 6.07) is 8.49. The third kappa shape index (κ3) is 2.01. The Morgan fingerprint density at radius 2 is 1.93 bits per heavy atom. The summed E-state index contributed by atoms with van der Waals surface area (Å²) < 4.78 is 1.12. The molecule has 0 saturated heterocycles. The molecule has 1 unspecified atom stereocenters. The lowest BCUT2D eigenvalue weighted by Gasteiger charge is -2.17. The zero-order chi connectivity index (χ0) is 10.2. The highest BCUT2D eigenvalue weighted by Crippen LogP contribution is 2.51. The van der Waals surface area contributed by atoms with Crippen LogP contribution in [0.5, 0.6) is 0 Å². The predicted octanol–water partition coefficient (Wildman–Crippen LogP) is 3.25. The Labute approximate surface area is 93.3 Å². The van der Waals surface area contributed by atoms with Gasteiger partial charge in [0.1, 0.15) is 0 Å². The van der Waals surface area contributed by atoms with Gasteiger partial charge < -0.3 is 5.11 Å². The Hall–Kier alpha value is -0.340. The molecule has 1 aromatic carbocycles. The molecule has 0 aromatic heterocycles. The molecule has 1 aromatic rings. The van der Waals surface area contributed by atoms with E-state index in [1.807, 2.05) is 6.92 Å². The number of hydrogen-bond donors (Lipinski definition) is 1. The average molecular weight is 255 g/mol. The molecule has 76 valence electrons. The van der Waals surface area contributed by atoms with E-state index in [1.54, 1.807) is 0 Å². The summed E-state index contributed by atoms with van der Waals surface area (Å²) >= 11 is 3.43. The maximum atomic E-state index is 9.43. The van der Waals surface area contributed by atoms with Gasteiger partial charge in [0.05, 0.1) is 6.10 Å². The van der Waals surface area contributed by atoms with Crippen LogP contribution in [0.4, 0.5) is 0 Å². The fraction of sp³-hybridized carbons (Fsp3) is 0.500. The molecule has 1 atom stereocenters. The van der Waals surface area contributed by atoms with Crippen LogP contribution < -0.4 is 0 Å². The first-order valence-corrected chi connectivity index (χ1v) is 5.86. The summed E-state index contributed by atoms with van der Waals surface area (Å²) in [4.78, 5) is 0. The van der Waals surface area contributed by atoms with Crippen molar-refractivity contribution in [1.29, 1.82) is 0 Å². The van der Waals surface area contributed by atoms with E-state index in [-0.39, 0.29) is 11.5 Å². The third-order valence-electron chi connectivity index (χ3n) is 3.00. The molecule has 2 heteroatoms. The van der Waals surface area contributed by atoms with E-state index in [1.165, 1.54) is 18.4 Å². The van der Waals surface area contributed by atoms with Crippen LogP contribution in [0.3, 0.4) is 0 Å². The lowest BCUT2D eigenvalue weighted by Crippen LogP contribution is -2.14. The third-order valence-corrected chi connectivity index (χ3v) is 3.52. The summed E-state index contributed by atoms with van der Waals surface area (Å²) in [6.07, 6.45) is 3.15. The molecule has 0 bridgehead atoms. The number of halogens is 1. The van der Waals surface area contributed by atoms with Crippen molar-refractivity contribution >= 4 is 15.9 Å². The van der Waals surface area contributed by atoms with Crippen molar-refractivity contribution in [3.8, 4) is 0 Å². The standard InChI is InChI=1S/C12H15BrO/c1-9(14)8-12(6-7-12)10-2-4-11(13)5-3-10/h2-5,9,14H,6-8H2,1H3. The fourth-order valence-electron chi connectivity index (χ4n) is 2.13. The molecular weight excluding hydrogens is 240 g/mol. The largest absolute Gasteiger partial charge is 0.393 e. The van der Waals surface area contributed by atoms with Crippen LogP contribution in [0.1, 0.15) is 31.7 Å². The van der Waals surface area contributed by atoms with Crippen molar-refractivity contribution in [2.45, 2.75) is 37.7 Å². The fourth-order valence-corrected chi connectivity index (χ4v) is 2.39. The molecule has 0 amide bonds. The van der Waals surface area contributed by atoms with E-state index in [2.05, 4.69) is 40.2 Å². The molecule has 0 radical (unpaired) electrons. The van der Waals surface area contributed by atoms with Crippen molar-refractivity contribution in [2.75, 3.05) is 0 Å². The summed E-state index contributed by atoms with van der Waals surface area (Å²) in [5.41, 5.74) is 1.66. The number of benzene rings is 1. The van der Waals surface area contributed by atoms with Crippen molar-refractivity contribution < 1.29 is 5.11 Å². The summed E-state index contributed by atoms with van der Waals surface area (Å²) in [5.74, 6) is 0. The molecule has 1 aliphatic carbocycles. The monoisotopic (exact) mass is 254 g/mol. The van der Waals surface area contributed by atoms with Crippen LogP contribution in [0.25, 0.3) is 0 Å². The van der Waals surface area contributed by atoms with Crippen LogP contribution in [-0.2, 0) is 5.41 Å². The van der Waals surface area contributed by atoms with Gasteiger partial charge in [-0.25, -0.2) is 0 Å². The van der Waals surface area contributed by atoms with Gasteiger partial charge in [0.25, 0.3) is 0 Å². The average Bonchev–Trinajstić information content (AvgIpc) is 2.85. The first kappa shape index (κ1) is 10.2. The zero-order valence-electron chi connectivity index (χ0n) is 8.33. The Kier molecular flexibility index (Phi) is 2.67. The molecule has 14 heavy (non-hydrogen) atoms. The lowest BCUT2D eigenvalue weighted by molar-refractivity contribution is 0.170. The number of aliphatic hydroxyl groups is 1. The Bertz CT molecular complexity index is 312. The van der Waals surface area contributed by atoms with E-state index in [0.29, 0.717) is 0 Å². The van der Waals surface area contributed by atoms with Crippen molar-refractivity contribution in [1.82, 2.24) is 0 Å². The van der Waals surface area contributed by atoms with E-state index >= 15 is 0 Å². The van der Waals surface area contributed by atoms with E-state index in [9.17, 15) is 5.11 Å². The first-order chi connectivity index (χ1) is 6.62. The Balaban J connectivity index is 2.18. The molecule has 1 nitrogen and oxygen atoms in total. The molecule has 0 aliphatic heterocycles. The van der Waals surface area contributed by atoms with Crippen molar-refractivity contribution in [3.05, 3.63) is 34.3 Å². The van der Waals surface area contributed by atoms with Crippen molar-refractivity contribution in [3.63, 3.8) is 0 Å². The molecule has 1 fully saturated rings. The van der Waals surface area contributed by atoms with Gasteiger partial charge in [0.2, 0.25) is 0 Å². The minimum absolute atomic E-state index is 0.193. The summed E-state index contributed by atoms with van der Waals surface area (Å²) in [5, 5.41) is 9.43. The van der Waals surface area contributed by atoms with Crippen molar-refractivity contribution in [2.24, 2.45) is 0 Å². The highest BCUT2D eigenvalue weighted by atomic mass is 79.9. The normalized spacial score (nSPS) is 20.5. The van der Waals surface area contributed by atoms with Crippen LogP contribution in [0.2, 0.25) is 0 Å². The minimum Gasteiger partial charge on any atom is -0.393 e. The smallest absolute Gasteiger partial charge is 0.0520 e. The minimum atomic E-state index is -0.193. The second kappa shape index (κ2) is 3.67. The summed E-state index contributed by atoms with van der Waals surface area (Å²) in [6.45, 7) is 1.87. The maximum absolute atomic E-state index is 9.43. The van der Waals surface area contributed by atoms with Gasteiger partial charge in [0, 0.05) is 4.47 Å². The molecule has 0 spiro atoms. The van der Waals surface area contributed by atoms with Gasteiger partial charge in [-0.1, -0.05) is 28.1 Å². The van der Waals surface area contributed by atoms with Gasteiger partial charge in [-0.2, -0.15) is 0 Å². The molecule has 1 aliphatic rings. The van der Waals surface area contributed by atoms with Crippen LogP contribution in [-0.4, -0.2) is 11.2 Å². The van der Waals surface area contributed by atoms with Crippen LogP contribution in [0, 0.1) is 0 Å². The molecule has 1 saturated carbocycles. The number of hydrogen-bond acceptors (Lipinski definition) is 1. The second-order valence-corrected chi connectivity index (χ2v) is 5.26. The first-order valence-electron chi connectivity index (χ1n) is 5.06. The Morgan fingerprint density at radius 3 is 2.36 bits per heavy atom. The van der Waals surface area contributed by atoms with E-state index in [0.717, 1.165) is 10.9 Å². The Morgan fingerprint density at radius 1 is 1.36 bits per heavy atom. The molecule has 2 rings (SSSR count). The summed E-state index contributed by atoms with van der Waals surface area (Å²) in [7, 11) is 0. The van der Waals surface area contributed by atoms with E-state index in [4.69, 9.17) is 0 Å². The van der Waals surface area contributed by atoms with Gasteiger partial charge >= 0.3 is 0 Å². The highest BCUT2D eigenvalue weighted by molar-refractivity contribution is 9.10. The molecular formula is C12H15BrO. The van der Waals surface area contributed by atoms with Gasteiger partial charge in [-0.05, 0) is 49.3 Å². The number of aliphatic hydroxyl groups excluding tert-OH is 1. The van der Waals surface area contributed by atoms with Gasteiger partial charge in [-0.3, -0.25) is 0 Å². The lowest BCUT2D eigenvalue weighted by atomic mass is 9.90.